The van der Waals surface area contributed by atoms with Crippen LogP contribution in [0.15, 0.2) is 12.3 Å². The lowest BCUT2D eigenvalue weighted by Crippen LogP contribution is -2.30. The molecule has 1 aromatic heterocycles. The molecule has 1 saturated carbocycles. The third-order valence-corrected chi connectivity index (χ3v) is 3.24. The summed E-state index contributed by atoms with van der Waals surface area (Å²) in [6.45, 7) is 4.37. The molecule has 2 unspecified atom stereocenters. The van der Waals surface area contributed by atoms with Crippen LogP contribution in [0.4, 0.5) is 5.82 Å². The van der Waals surface area contributed by atoms with Gasteiger partial charge in [0.25, 0.3) is 0 Å². The molecule has 1 N–H and O–H groups in total. The number of nitrogens with one attached hydrogen (secondary N) is 1. The minimum Gasteiger partial charge on any atom is -0.366 e. The molecule has 1 aromatic rings. The highest BCUT2D eigenvalue weighted by molar-refractivity contribution is 5.36. The first-order valence-electron chi connectivity index (χ1n) is 5.81. The average Bonchev–Trinajstić information content (AvgIpc) is 2.22. The minimum absolute atomic E-state index is 0.579. The van der Waals surface area contributed by atoms with E-state index in [1.54, 1.807) is 6.20 Å². The van der Waals surface area contributed by atoms with Crippen molar-refractivity contribution < 1.29 is 0 Å². The first-order chi connectivity index (χ1) is 7.25. The summed E-state index contributed by atoms with van der Waals surface area (Å²) in [5.41, 5.74) is 1.16. The van der Waals surface area contributed by atoms with Gasteiger partial charge in [-0.25, -0.2) is 0 Å². The summed E-state index contributed by atoms with van der Waals surface area (Å²) in [7, 11) is 0. The summed E-state index contributed by atoms with van der Waals surface area (Å²) in [6, 6.07) is 2.64. The van der Waals surface area contributed by atoms with Crippen LogP contribution in [0.1, 0.15) is 38.2 Å². The number of hydrogen-bond donors (Lipinski definition) is 1. The maximum atomic E-state index is 4.11. The monoisotopic (exact) mass is 205 g/mol. The standard InChI is InChI=1S/C12H19N3/c1-9-7-12(15-13-8-9)14-11-6-4-3-5-10(11)2/h7-8,10-11H,3-6H2,1-2H3,(H,14,15). The van der Waals surface area contributed by atoms with Crippen LogP contribution in [0.3, 0.4) is 0 Å². The van der Waals surface area contributed by atoms with Crippen LogP contribution in [0.25, 0.3) is 0 Å². The normalized spacial score (nSPS) is 26.3. The molecule has 0 aromatic carbocycles. The molecule has 15 heavy (non-hydrogen) atoms. The van der Waals surface area contributed by atoms with Crippen molar-refractivity contribution in [2.24, 2.45) is 5.92 Å². The Kier molecular flexibility index (Phi) is 3.19. The lowest BCUT2D eigenvalue weighted by atomic mass is 9.86. The van der Waals surface area contributed by atoms with Gasteiger partial charge in [0.15, 0.2) is 0 Å². The van der Waals surface area contributed by atoms with Crippen LogP contribution >= 0.6 is 0 Å². The van der Waals surface area contributed by atoms with Crippen molar-refractivity contribution in [2.45, 2.75) is 45.6 Å². The molecule has 0 radical (unpaired) electrons. The molecule has 3 nitrogen and oxygen atoms in total. The van der Waals surface area contributed by atoms with Gasteiger partial charge in [-0.05, 0) is 37.3 Å². The van der Waals surface area contributed by atoms with Crippen LogP contribution in [-0.2, 0) is 0 Å². The van der Waals surface area contributed by atoms with Crippen molar-refractivity contribution in [2.75, 3.05) is 5.32 Å². The quantitative estimate of drug-likeness (QED) is 0.806. The molecule has 0 amide bonds. The van der Waals surface area contributed by atoms with Gasteiger partial charge in [-0.2, -0.15) is 5.10 Å². The van der Waals surface area contributed by atoms with Crippen molar-refractivity contribution in [3.63, 3.8) is 0 Å². The summed E-state index contributed by atoms with van der Waals surface area (Å²) in [6.07, 6.45) is 7.09. The van der Waals surface area contributed by atoms with Gasteiger partial charge in [-0.1, -0.05) is 19.8 Å². The predicted molar refractivity (Wildman–Crippen MR) is 61.8 cm³/mol. The second-order valence-corrected chi connectivity index (χ2v) is 4.63. The largest absolute Gasteiger partial charge is 0.366 e. The van der Waals surface area contributed by atoms with Crippen LogP contribution < -0.4 is 5.32 Å². The summed E-state index contributed by atoms with van der Waals surface area (Å²) in [4.78, 5) is 0. The summed E-state index contributed by atoms with van der Waals surface area (Å²) in [5.74, 6) is 1.68. The molecule has 1 aliphatic carbocycles. The number of aromatic nitrogens is 2. The van der Waals surface area contributed by atoms with E-state index in [0.717, 1.165) is 17.3 Å². The fraction of sp³-hybridized carbons (Fsp3) is 0.667. The van der Waals surface area contributed by atoms with E-state index >= 15 is 0 Å². The van der Waals surface area contributed by atoms with Gasteiger partial charge in [-0.3, -0.25) is 0 Å². The van der Waals surface area contributed by atoms with Crippen LogP contribution in [0.2, 0.25) is 0 Å². The third kappa shape index (κ3) is 2.67. The molecule has 0 bridgehead atoms. The third-order valence-electron chi connectivity index (χ3n) is 3.24. The van der Waals surface area contributed by atoms with Crippen molar-refractivity contribution in [1.82, 2.24) is 10.2 Å². The Balaban J connectivity index is 2.01. The van der Waals surface area contributed by atoms with E-state index in [1.807, 2.05) is 6.92 Å². The van der Waals surface area contributed by atoms with Gasteiger partial charge in [0, 0.05) is 6.04 Å². The highest BCUT2D eigenvalue weighted by atomic mass is 15.2. The second kappa shape index (κ2) is 4.60. The molecular formula is C12H19N3. The SMILES string of the molecule is Cc1cnnc(NC2CCCCC2C)c1. The minimum atomic E-state index is 0.579. The van der Waals surface area contributed by atoms with Crippen molar-refractivity contribution in [3.05, 3.63) is 17.8 Å². The number of rotatable bonds is 2. The van der Waals surface area contributed by atoms with Gasteiger partial charge in [0.1, 0.15) is 5.82 Å². The first kappa shape index (κ1) is 10.4. The molecule has 0 aliphatic heterocycles. The van der Waals surface area contributed by atoms with Gasteiger partial charge < -0.3 is 5.32 Å². The van der Waals surface area contributed by atoms with Gasteiger partial charge in [-0.15, -0.1) is 5.10 Å². The maximum absolute atomic E-state index is 4.11. The van der Waals surface area contributed by atoms with Crippen LogP contribution in [0, 0.1) is 12.8 Å². The lowest BCUT2D eigenvalue weighted by Gasteiger charge is -2.29. The second-order valence-electron chi connectivity index (χ2n) is 4.63. The topological polar surface area (TPSA) is 37.8 Å². The van der Waals surface area contributed by atoms with E-state index in [-0.39, 0.29) is 0 Å². The maximum Gasteiger partial charge on any atom is 0.149 e. The zero-order valence-corrected chi connectivity index (χ0v) is 9.53. The van der Waals surface area contributed by atoms with Gasteiger partial charge in [0.05, 0.1) is 6.20 Å². The van der Waals surface area contributed by atoms with E-state index < -0.39 is 0 Å². The summed E-state index contributed by atoms with van der Waals surface area (Å²) < 4.78 is 0. The molecule has 82 valence electrons. The van der Waals surface area contributed by atoms with E-state index in [2.05, 4.69) is 28.5 Å². The van der Waals surface area contributed by atoms with Crippen molar-refractivity contribution >= 4 is 5.82 Å². The van der Waals surface area contributed by atoms with E-state index in [9.17, 15) is 0 Å². The fourth-order valence-corrected chi connectivity index (χ4v) is 2.26. The number of nitrogens with zero attached hydrogens (tertiary/aromatic N) is 2. The molecular weight excluding hydrogens is 186 g/mol. The zero-order chi connectivity index (χ0) is 10.7. The number of aryl methyl sites for hydroxylation is 1. The summed E-state index contributed by atoms with van der Waals surface area (Å²) >= 11 is 0. The molecule has 0 saturated heterocycles. The number of hydrogen-bond acceptors (Lipinski definition) is 3. The Hall–Kier alpha value is -1.12. The summed E-state index contributed by atoms with van der Waals surface area (Å²) in [5, 5.41) is 11.6. The molecule has 2 atom stereocenters. The van der Waals surface area contributed by atoms with Crippen molar-refractivity contribution in [1.29, 1.82) is 0 Å². The number of anilines is 1. The zero-order valence-electron chi connectivity index (χ0n) is 9.53. The molecule has 1 heterocycles. The highest BCUT2D eigenvalue weighted by Crippen LogP contribution is 2.26. The average molecular weight is 205 g/mol. The Bertz CT molecular complexity index is 324. The first-order valence-corrected chi connectivity index (χ1v) is 5.81. The predicted octanol–water partition coefficient (Wildman–Crippen LogP) is 2.78. The van der Waals surface area contributed by atoms with Gasteiger partial charge in [0.2, 0.25) is 0 Å². The van der Waals surface area contributed by atoms with Crippen LogP contribution in [0.5, 0.6) is 0 Å². The van der Waals surface area contributed by atoms with Gasteiger partial charge >= 0.3 is 0 Å². The molecule has 0 spiro atoms. The highest BCUT2D eigenvalue weighted by Gasteiger charge is 2.21. The molecule has 2 rings (SSSR count). The fourth-order valence-electron chi connectivity index (χ4n) is 2.26. The Morgan fingerprint density at radius 3 is 2.87 bits per heavy atom. The Labute approximate surface area is 91.3 Å². The van der Waals surface area contributed by atoms with Crippen molar-refractivity contribution in [3.8, 4) is 0 Å². The van der Waals surface area contributed by atoms with E-state index in [1.165, 1.54) is 25.7 Å². The van der Waals surface area contributed by atoms with E-state index in [4.69, 9.17) is 0 Å². The van der Waals surface area contributed by atoms with E-state index in [0.29, 0.717) is 6.04 Å². The molecule has 3 heteroatoms. The Morgan fingerprint density at radius 2 is 2.13 bits per heavy atom. The van der Waals surface area contributed by atoms with Crippen LogP contribution in [-0.4, -0.2) is 16.2 Å². The Morgan fingerprint density at radius 1 is 1.33 bits per heavy atom. The lowest BCUT2D eigenvalue weighted by molar-refractivity contribution is 0.349. The smallest absolute Gasteiger partial charge is 0.149 e. The molecule has 1 fully saturated rings. The molecule has 1 aliphatic rings.